The summed E-state index contributed by atoms with van der Waals surface area (Å²) in [6.07, 6.45) is 1.04. The van der Waals surface area contributed by atoms with Crippen LogP contribution in [0.4, 0.5) is 0 Å². The van der Waals surface area contributed by atoms with E-state index in [4.69, 9.17) is 21.0 Å². The van der Waals surface area contributed by atoms with Crippen LogP contribution in [0.15, 0.2) is 48.5 Å². The molecule has 2 atom stereocenters. The fraction of sp³-hybridized carbons (Fsp3) is 0.278. The predicted molar refractivity (Wildman–Crippen MR) is 94.4 cm³/mol. The van der Waals surface area contributed by atoms with Crippen LogP contribution in [0.5, 0.6) is 0 Å². The SMILES string of the molecule is CC(OS(C)(=O)=O)C(Cc1ccc(Cl)cc1)c1cccc(C#N)c1. The molecule has 0 aliphatic rings. The summed E-state index contributed by atoms with van der Waals surface area (Å²) in [6.45, 7) is 1.72. The van der Waals surface area contributed by atoms with Crippen molar-refractivity contribution in [3.8, 4) is 6.07 Å². The predicted octanol–water partition coefficient (Wildman–Crippen LogP) is 3.90. The molecule has 4 nitrogen and oxygen atoms in total. The second-order valence-electron chi connectivity index (χ2n) is 5.68. The maximum Gasteiger partial charge on any atom is 0.264 e. The third-order valence-electron chi connectivity index (χ3n) is 3.71. The fourth-order valence-corrected chi connectivity index (χ4v) is 3.42. The topological polar surface area (TPSA) is 67.2 Å². The van der Waals surface area contributed by atoms with Gasteiger partial charge in [0, 0.05) is 10.9 Å². The lowest BCUT2D eigenvalue weighted by atomic mass is 9.87. The van der Waals surface area contributed by atoms with Gasteiger partial charge >= 0.3 is 0 Å². The first-order valence-electron chi connectivity index (χ1n) is 7.41. The van der Waals surface area contributed by atoms with Gasteiger partial charge in [-0.15, -0.1) is 0 Å². The van der Waals surface area contributed by atoms with Crippen LogP contribution in [0.3, 0.4) is 0 Å². The average Bonchev–Trinajstić information content (AvgIpc) is 2.52. The lowest BCUT2D eigenvalue weighted by Gasteiger charge is -2.24. The highest BCUT2D eigenvalue weighted by atomic mass is 35.5. The standard InChI is InChI=1S/C18H18ClNO3S/c1-13(23-24(2,21)22)18(11-14-6-8-17(19)9-7-14)16-5-3-4-15(10-16)12-20/h3-10,13,18H,11H2,1-2H3. The first-order chi connectivity index (χ1) is 11.3. The zero-order chi connectivity index (χ0) is 17.7. The summed E-state index contributed by atoms with van der Waals surface area (Å²) in [7, 11) is -3.58. The lowest BCUT2D eigenvalue weighted by Crippen LogP contribution is -2.24. The summed E-state index contributed by atoms with van der Waals surface area (Å²) in [4.78, 5) is 0. The molecule has 0 heterocycles. The average molecular weight is 364 g/mol. The van der Waals surface area contributed by atoms with E-state index in [1.54, 1.807) is 37.3 Å². The number of hydrogen-bond acceptors (Lipinski definition) is 4. The Kier molecular flexibility index (Phi) is 6.00. The van der Waals surface area contributed by atoms with Gasteiger partial charge in [-0.1, -0.05) is 35.9 Å². The summed E-state index contributed by atoms with van der Waals surface area (Å²) >= 11 is 5.91. The van der Waals surface area contributed by atoms with Crippen molar-refractivity contribution in [2.24, 2.45) is 0 Å². The molecule has 0 saturated carbocycles. The third kappa shape index (κ3) is 5.34. The number of hydrogen-bond donors (Lipinski definition) is 0. The maximum absolute atomic E-state index is 11.5. The normalized spacial score (nSPS) is 13.9. The first-order valence-corrected chi connectivity index (χ1v) is 9.60. The van der Waals surface area contributed by atoms with E-state index in [0.29, 0.717) is 17.0 Å². The molecule has 0 aliphatic carbocycles. The van der Waals surface area contributed by atoms with E-state index in [2.05, 4.69) is 6.07 Å². The summed E-state index contributed by atoms with van der Waals surface area (Å²) in [5.74, 6) is -0.214. The molecule has 2 rings (SSSR count). The molecule has 0 fully saturated rings. The Labute approximate surface area is 147 Å². The molecular formula is C18H18ClNO3S. The lowest BCUT2D eigenvalue weighted by molar-refractivity contribution is 0.197. The summed E-state index contributed by atoms with van der Waals surface area (Å²) in [5, 5.41) is 9.74. The minimum absolute atomic E-state index is 0.214. The molecule has 0 N–H and O–H groups in total. The van der Waals surface area contributed by atoms with Crippen molar-refractivity contribution in [2.45, 2.75) is 25.4 Å². The number of halogens is 1. The summed E-state index contributed by atoms with van der Waals surface area (Å²) in [6, 6.07) is 16.6. The van der Waals surface area contributed by atoms with Crippen molar-refractivity contribution >= 4 is 21.7 Å². The molecule has 24 heavy (non-hydrogen) atoms. The van der Waals surface area contributed by atoms with Crippen LogP contribution in [0, 0.1) is 11.3 Å². The zero-order valence-electron chi connectivity index (χ0n) is 13.4. The van der Waals surface area contributed by atoms with Gasteiger partial charge in [-0.05, 0) is 48.7 Å². The van der Waals surface area contributed by atoms with Crippen molar-refractivity contribution in [3.05, 3.63) is 70.2 Å². The molecule has 0 radical (unpaired) electrons. The van der Waals surface area contributed by atoms with Gasteiger partial charge in [0.25, 0.3) is 10.1 Å². The van der Waals surface area contributed by atoms with Crippen molar-refractivity contribution in [1.82, 2.24) is 0 Å². The van der Waals surface area contributed by atoms with Crippen LogP contribution < -0.4 is 0 Å². The van der Waals surface area contributed by atoms with Gasteiger partial charge in [0.05, 0.1) is 24.0 Å². The van der Waals surface area contributed by atoms with Crippen LogP contribution in [0.2, 0.25) is 5.02 Å². The van der Waals surface area contributed by atoms with Crippen molar-refractivity contribution in [3.63, 3.8) is 0 Å². The van der Waals surface area contributed by atoms with Gasteiger partial charge in [0.15, 0.2) is 0 Å². The molecule has 0 aromatic heterocycles. The summed E-state index contributed by atoms with van der Waals surface area (Å²) in [5.41, 5.74) is 2.40. The van der Waals surface area contributed by atoms with Crippen molar-refractivity contribution in [1.29, 1.82) is 5.26 Å². The highest BCUT2D eigenvalue weighted by Gasteiger charge is 2.24. The van der Waals surface area contributed by atoms with Gasteiger partial charge in [-0.25, -0.2) is 0 Å². The van der Waals surface area contributed by atoms with E-state index in [9.17, 15) is 8.42 Å². The smallest absolute Gasteiger partial charge is 0.264 e. The quantitative estimate of drug-likeness (QED) is 0.730. The summed E-state index contributed by atoms with van der Waals surface area (Å²) < 4.78 is 28.2. The second-order valence-corrected chi connectivity index (χ2v) is 7.72. The zero-order valence-corrected chi connectivity index (χ0v) is 15.0. The Bertz CT molecular complexity index is 841. The third-order valence-corrected chi connectivity index (χ3v) is 4.61. The Morgan fingerprint density at radius 3 is 2.46 bits per heavy atom. The molecule has 0 bridgehead atoms. The number of benzene rings is 2. The van der Waals surface area contributed by atoms with Gasteiger partial charge < -0.3 is 0 Å². The monoisotopic (exact) mass is 363 g/mol. The van der Waals surface area contributed by atoms with E-state index in [0.717, 1.165) is 17.4 Å². The van der Waals surface area contributed by atoms with E-state index >= 15 is 0 Å². The fourth-order valence-electron chi connectivity index (χ4n) is 2.61. The first kappa shape index (κ1) is 18.5. The highest BCUT2D eigenvalue weighted by Crippen LogP contribution is 2.28. The second kappa shape index (κ2) is 7.80. The van der Waals surface area contributed by atoms with Crippen LogP contribution in [-0.4, -0.2) is 20.8 Å². The minimum atomic E-state index is -3.58. The van der Waals surface area contributed by atoms with E-state index in [-0.39, 0.29) is 5.92 Å². The molecule has 2 aromatic carbocycles. The molecule has 0 aliphatic heterocycles. The van der Waals surface area contributed by atoms with Crippen LogP contribution in [0.1, 0.15) is 29.5 Å². The van der Waals surface area contributed by atoms with Crippen LogP contribution >= 0.6 is 11.6 Å². The Hall–Kier alpha value is -1.87. The molecule has 0 spiro atoms. The van der Waals surface area contributed by atoms with E-state index < -0.39 is 16.2 Å². The minimum Gasteiger partial charge on any atom is -0.267 e. The highest BCUT2D eigenvalue weighted by molar-refractivity contribution is 7.86. The largest absolute Gasteiger partial charge is 0.267 e. The molecular weight excluding hydrogens is 346 g/mol. The molecule has 0 saturated heterocycles. The number of rotatable bonds is 6. The van der Waals surface area contributed by atoms with Crippen LogP contribution in [-0.2, 0) is 20.7 Å². The van der Waals surface area contributed by atoms with Crippen molar-refractivity contribution in [2.75, 3.05) is 6.26 Å². The molecule has 126 valence electrons. The van der Waals surface area contributed by atoms with Gasteiger partial charge in [0.1, 0.15) is 0 Å². The van der Waals surface area contributed by atoms with Gasteiger partial charge in [-0.2, -0.15) is 13.7 Å². The molecule has 2 aromatic rings. The van der Waals surface area contributed by atoms with Gasteiger partial charge in [0.2, 0.25) is 0 Å². The Morgan fingerprint density at radius 2 is 1.88 bits per heavy atom. The molecule has 2 unspecified atom stereocenters. The van der Waals surface area contributed by atoms with E-state index in [1.807, 2.05) is 18.2 Å². The molecule has 6 heteroatoms. The Morgan fingerprint density at radius 1 is 1.21 bits per heavy atom. The number of nitriles is 1. The van der Waals surface area contributed by atoms with Crippen LogP contribution in [0.25, 0.3) is 0 Å². The Balaban J connectivity index is 2.36. The molecule has 0 amide bonds. The van der Waals surface area contributed by atoms with Crippen molar-refractivity contribution < 1.29 is 12.6 Å². The number of nitrogens with zero attached hydrogens (tertiary/aromatic N) is 1. The van der Waals surface area contributed by atoms with E-state index in [1.165, 1.54) is 0 Å². The maximum atomic E-state index is 11.5. The van der Waals surface area contributed by atoms with Gasteiger partial charge in [-0.3, -0.25) is 4.18 Å².